The topological polar surface area (TPSA) is 29.5 Å². The van der Waals surface area contributed by atoms with Crippen molar-refractivity contribution in [2.45, 2.75) is 50.7 Å². The first-order chi connectivity index (χ1) is 9.47. The van der Waals surface area contributed by atoms with Crippen molar-refractivity contribution < 1.29 is 14.2 Å². The van der Waals surface area contributed by atoms with Crippen LogP contribution < -0.4 is 0 Å². The summed E-state index contributed by atoms with van der Waals surface area (Å²) in [6, 6.07) is 4.58. The van der Waals surface area contributed by atoms with E-state index in [1.54, 1.807) is 19.2 Å². The van der Waals surface area contributed by atoms with Crippen LogP contribution in [0.4, 0.5) is 4.39 Å². The van der Waals surface area contributed by atoms with Crippen molar-refractivity contribution in [2.24, 2.45) is 5.92 Å². The summed E-state index contributed by atoms with van der Waals surface area (Å²) in [6.07, 6.45) is 3.69. The van der Waals surface area contributed by atoms with Gasteiger partial charge in [0, 0.05) is 13.5 Å². The van der Waals surface area contributed by atoms with Gasteiger partial charge in [0.2, 0.25) is 0 Å². The quantitative estimate of drug-likeness (QED) is 0.911. The molecule has 1 saturated carbocycles. The predicted octanol–water partition coefficient (Wildman–Crippen LogP) is 3.98. The molecule has 1 atom stereocenters. The largest absolute Gasteiger partial charge is 0.390 e. The summed E-state index contributed by atoms with van der Waals surface area (Å²) < 4.78 is 18.8. The van der Waals surface area contributed by atoms with Crippen molar-refractivity contribution in [1.82, 2.24) is 0 Å². The van der Waals surface area contributed by atoms with Gasteiger partial charge in [0.1, 0.15) is 5.82 Å². The zero-order valence-electron chi connectivity index (χ0n) is 12.0. The van der Waals surface area contributed by atoms with Crippen molar-refractivity contribution in [3.05, 3.63) is 34.6 Å². The number of hydrogen-bond acceptors (Lipinski definition) is 2. The normalized spacial score (nSPS) is 28.4. The molecular formula is C16H22ClFO2. The molecule has 1 unspecified atom stereocenters. The highest BCUT2D eigenvalue weighted by molar-refractivity contribution is 6.30. The number of benzene rings is 1. The van der Waals surface area contributed by atoms with E-state index in [9.17, 15) is 9.50 Å². The van der Waals surface area contributed by atoms with Gasteiger partial charge in [0.05, 0.1) is 16.7 Å². The van der Waals surface area contributed by atoms with Gasteiger partial charge in [0.15, 0.2) is 0 Å². The maximum Gasteiger partial charge on any atom is 0.141 e. The second-order valence-electron chi connectivity index (χ2n) is 5.92. The fraction of sp³-hybridized carbons (Fsp3) is 0.625. The third-order valence-corrected chi connectivity index (χ3v) is 4.84. The molecule has 0 amide bonds. The first kappa shape index (κ1) is 15.7. The molecule has 2 rings (SSSR count). The standard InChI is InChI=1S/C16H22ClFO2/c1-11-5-7-16(20-2,8-6-11)15(19)10-12-3-4-14(18)13(17)9-12/h3-4,9,11,15,19H,5-8,10H2,1-2H3. The summed E-state index contributed by atoms with van der Waals surface area (Å²) in [5.41, 5.74) is 0.354. The van der Waals surface area contributed by atoms with Crippen LogP contribution in [-0.4, -0.2) is 23.9 Å². The number of ether oxygens (including phenoxy) is 1. The predicted molar refractivity (Wildman–Crippen MR) is 78.5 cm³/mol. The van der Waals surface area contributed by atoms with Gasteiger partial charge in [-0.15, -0.1) is 0 Å². The van der Waals surface area contributed by atoms with Crippen molar-refractivity contribution in [2.75, 3.05) is 7.11 Å². The van der Waals surface area contributed by atoms with Gasteiger partial charge in [-0.1, -0.05) is 24.6 Å². The van der Waals surface area contributed by atoms with Crippen LogP contribution in [0.1, 0.15) is 38.2 Å². The highest BCUT2D eigenvalue weighted by Gasteiger charge is 2.40. The smallest absolute Gasteiger partial charge is 0.141 e. The van der Waals surface area contributed by atoms with Crippen LogP contribution in [0.5, 0.6) is 0 Å². The minimum absolute atomic E-state index is 0.0958. The Labute approximate surface area is 124 Å². The fourth-order valence-electron chi connectivity index (χ4n) is 3.00. The number of halogens is 2. The number of rotatable bonds is 4. The van der Waals surface area contributed by atoms with Crippen LogP contribution in [0.3, 0.4) is 0 Å². The molecule has 0 aliphatic heterocycles. The molecule has 0 spiro atoms. The Kier molecular flexibility index (Phi) is 5.05. The van der Waals surface area contributed by atoms with E-state index in [0.717, 1.165) is 31.2 Å². The molecular weight excluding hydrogens is 279 g/mol. The van der Waals surface area contributed by atoms with Gasteiger partial charge in [0.25, 0.3) is 0 Å². The number of methoxy groups -OCH3 is 1. The molecule has 1 fully saturated rings. The second kappa shape index (κ2) is 6.42. The monoisotopic (exact) mass is 300 g/mol. The lowest BCUT2D eigenvalue weighted by molar-refractivity contribution is -0.127. The first-order valence-electron chi connectivity index (χ1n) is 7.14. The summed E-state index contributed by atoms with van der Waals surface area (Å²) in [6.45, 7) is 2.23. The summed E-state index contributed by atoms with van der Waals surface area (Å²) >= 11 is 5.78. The molecule has 20 heavy (non-hydrogen) atoms. The molecule has 1 aliphatic rings. The van der Waals surface area contributed by atoms with Crippen LogP contribution in [0, 0.1) is 11.7 Å². The van der Waals surface area contributed by atoms with Crippen LogP contribution in [0.25, 0.3) is 0 Å². The maximum atomic E-state index is 13.2. The van der Waals surface area contributed by atoms with Crippen molar-refractivity contribution in [1.29, 1.82) is 0 Å². The lowest BCUT2D eigenvalue weighted by Gasteiger charge is -2.41. The lowest BCUT2D eigenvalue weighted by Crippen LogP contribution is -2.47. The Balaban J connectivity index is 2.09. The van der Waals surface area contributed by atoms with Crippen molar-refractivity contribution >= 4 is 11.6 Å². The Morgan fingerprint density at radius 1 is 1.45 bits per heavy atom. The highest BCUT2D eigenvalue weighted by Crippen LogP contribution is 2.38. The van der Waals surface area contributed by atoms with Crippen molar-refractivity contribution in [3.8, 4) is 0 Å². The Bertz CT molecular complexity index is 456. The average molecular weight is 301 g/mol. The molecule has 1 aromatic rings. The van der Waals surface area contributed by atoms with Gasteiger partial charge in [-0.25, -0.2) is 4.39 Å². The van der Waals surface area contributed by atoms with Gasteiger partial charge >= 0.3 is 0 Å². The van der Waals surface area contributed by atoms with E-state index < -0.39 is 17.5 Å². The van der Waals surface area contributed by atoms with Crippen LogP contribution >= 0.6 is 11.6 Å². The van der Waals surface area contributed by atoms with Crippen molar-refractivity contribution in [3.63, 3.8) is 0 Å². The minimum Gasteiger partial charge on any atom is -0.390 e. The van der Waals surface area contributed by atoms with E-state index in [1.165, 1.54) is 6.07 Å². The maximum absolute atomic E-state index is 13.2. The fourth-order valence-corrected chi connectivity index (χ4v) is 3.20. The zero-order chi connectivity index (χ0) is 14.8. The van der Waals surface area contributed by atoms with Gasteiger partial charge in [-0.2, -0.15) is 0 Å². The highest BCUT2D eigenvalue weighted by atomic mass is 35.5. The zero-order valence-corrected chi connectivity index (χ0v) is 12.8. The molecule has 0 bridgehead atoms. The van der Waals surface area contributed by atoms with E-state index >= 15 is 0 Å². The molecule has 2 nitrogen and oxygen atoms in total. The molecule has 0 aromatic heterocycles. The second-order valence-corrected chi connectivity index (χ2v) is 6.33. The molecule has 0 saturated heterocycles. The number of aliphatic hydroxyl groups excluding tert-OH is 1. The molecule has 1 N–H and O–H groups in total. The average Bonchev–Trinajstić information content (AvgIpc) is 2.44. The summed E-state index contributed by atoms with van der Waals surface area (Å²) in [7, 11) is 1.66. The molecule has 0 heterocycles. The Morgan fingerprint density at radius 2 is 2.10 bits per heavy atom. The first-order valence-corrected chi connectivity index (χ1v) is 7.52. The van der Waals surface area contributed by atoms with E-state index in [1.807, 2.05) is 0 Å². The third-order valence-electron chi connectivity index (χ3n) is 4.55. The lowest BCUT2D eigenvalue weighted by atomic mass is 9.75. The molecule has 1 aromatic carbocycles. The molecule has 4 heteroatoms. The van der Waals surface area contributed by atoms with Gasteiger partial charge in [-0.05, 0) is 49.3 Å². The summed E-state index contributed by atoms with van der Waals surface area (Å²) in [4.78, 5) is 0. The number of hydrogen-bond donors (Lipinski definition) is 1. The summed E-state index contributed by atoms with van der Waals surface area (Å²) in [5, 5.41) is 10.7. The van der Waals surface area contributed by atoms with Crippen LogP contribution in [0.15, 0.2) is 18.2 Å². The number of aliphatic hydroxyl groups is 1. The molecule has 1 aliphatic carbocycles. The van der Waals surface area contributed by atoms with E-state index in [-0.39, 0.29) is 5.02 Å². The van der Waals surface area contributed by atoms with Gasteiger partial charge < -0.3 is 9.84 Å². The SMILES string of the molecule is COC1(C(O)Cc2ccc(F)c(Cl)c2)CCC(C)CC1. The van der Waals surface area contributed by atoms with E-state index in [2.05, 4.69) is 6.92 Å². The van der Waals surface area contributed by atoms with E-state index in [4.69, 9.17) is 16.3 Å². The van der Waals surface area contributed by atoms with Crippen LogP contribution in [-0.2, 0) is 11.2 Å². The van der Waals surface area contributed by atoms with Crippen LogP contribution in [0.2, 0.25) is 5.02 Å². The minimum atomic E-state index is -0.596. The Hall–Kier alpha value is -0.640. The van der Waals surface area contributed by atoms with Gasteiger partial charge in [-0.3, -0.25) is 0 Å². The molecule has 112 valence electrons. The third kappa shape index (κ3) is 3.33. The summed E-state index contributed by atoms with van der Waals surface area (Å²) in [5.74, 6) is 0.253. The molecule has 0 radical (unpaired) electrons. The Morgan fingerprint density at radius 3 is 2.65 bits per heavy atom. The van der Waals surface area contributed by atoms with E-state index in [0.29, 0.717) is 12.3 Å².